The van der Waals surface area contributed by atoms with Crippen molar-refractivity contribution >= 4 is 5.69 Å². The maximum Gasteiger partial charge on any atom is 0.101 e. The van der Waals surface area contributed by atoms with Crippen LogP contribution in [-0.4, -0.2) is 19.6 Å². The van der Waals surface area contributed by atoms with Crippen LogP contribution in [0.3, 0.4) is 0 Å². The van der Waals surface area contributed by atoms with Gasteiger partial charge in [0.15, 0.2) is 0 Å². The molecule has 0 spiro atoms. The summed E-state index contributed by atoms with van der Waals surface area (Å²) in [5.74, 6) is 1.34. The predicted molar refractivity (Wildman–Crippen MR) is 72.6 cm³/mol. The maximum atomic E-state index is 9.19. The third-order valence-corrected chi connectivity index (χ3v) is 4.28. The summed E-state index contributed by atoms with van der Waals surface area (Å²) in [6.45, 7) is 3.28. The SMILES string of the molecule is N#Cc1cccc2c1NCC[C@@H]2C1CCCNC1. The number of nitriles is 1. The summed E-state index contributed by atoms with van der Waals surface area (Å²) < 4.78 is 0. The Balaban J connectivity index is 1.94. The second kappa shape index (κ2) is 4.99. The first-order valence-electron chi connectivity index (χ1n) is 6.88. The van der Waals surface area contributed by atoms with Gasteiger partial charge in [-0.2, -0.15) is 5.26 Å². The highest BCUT2D eigenvalue weighted by Crippen LogP contribution is 2.40. The van der Waals surface area contributed by atoms with Gasteiger partial charge < -0.3 is 10.6 Å². The van der Waals surface area contributed by atoms with Crippen LogP contribution in [0, 0.1) is 17.2 Å². The van der Waals surface area contributed by atoms with E-state index in [0.29, 0.717) is 5.92 Å². The first-order valence-corrected chi connectivity index (χ1v) is 6.88. The largest absolute Gasteiger partial charge is 0.384 e. The van der Waals surface area contributed by atoms with Gasteiger partial charge in [0.05, 0.1) is 11.3 Å². The number of hydrogen-bond donors (Lipinski definition) is 2. The molecule has 2 aliphatic rings. The number of rotatable bonds is 1. The summed E-state index contributed by atoms with van der Waals surface area (Å²) in [6.07, 6.45) is 3.78. The van der Waals surface area contributed by atoms with E-state index in [1.807, 2.05) is 12.1 Å². The average Bonchev–Trinajstić information content (AvgIpc) is 2.47. The maximum absolute atomic E-state index is 9.19. The number of para-hydroxylation sites is 1. The van der Waals surface area contributed by atoms with E-state index in [9.17, 15) is 5.26 Å². The van der Waals surface area contributed by atoms with Gasteiger partial charge in [0.1, 0.15) is 6.07 Å². The summed E-state index contributed by atoms with van der Waals surface area (Å²) in [7, 11) is 0. The molecule has 1 aromatic carbocycles. The van der Waals surface area contributed by atoms with Gasteiger partial charge in [-0.1, -0.05) is 12.1 Å². The number of benzene rings is 1. The van der Waals surface area contributed by atoms with Gasteiger partial charge >= 0.3 is 0 Å². The van der Waals surface area contributed by atoms with Crippen LogP contribution in [0.4, 0.5) is 5.69 Å². The van der Waals surface area contributed by atoms with Crippen molar-refractivity contribution in [3.05, 3.63) is 29.3 Å². The van der Waals surface area contributed by atoms with Crippen molar-refractivity contribution < 1.29 is 0 Å². The minimum absolute atomic E-state index is 0.613. The molecule has 18 heavy (non-hydrogen) atoms. The molecule has 0 aromatic heterocycles. The predicted octanol–water partition coefficient (Wildman–Crippen LogP) is 2.46. The molecule has 3 nitrogen and oxygen atoms in total. The lowest BCUT2D eigenvalue weighted by atomic mass is 9.77. The molecule has 3 heteroatoms. The van der Waals surface area contributed by atoms with Crippen LogP contribution in [0.5, 0.6) is 0 Å². The van der Waals surface area contributed by atoms with Gasteiger partial charge in [0.2, 0.25) is 0 Å². The van der Waals surface area contributed by atoms with Gasteiger partial charge in [0, 0.05) is 6.54 Å². The molecule has 2 heterocycles. The first-order chi connectivity index (χ1) is 8.90. The summed E-state index contributed by atoms with van der Waals surface area (Å²) in [6, 6.07) is 8.43. The van der Waals surface area contributed by atoms with Crippen LogP contribution in [0.1, 0.15) is 36.3 Å². The normalized spacial score (nSPS) is 26.8. The van der Waals surface area contributed by atoms with Crippen LogP contribution < -0.4 is 10.6 Å². The van der Waals surface area contributed by atoms with E-state index in [0.717, 1.165) is 36.8 Å². The van der Waals surface area contributed by atoms with Crippen molar-refractivity contribution in [2.24, 2.45) is 5.92 Å². The Bertz CT molecular complexity index is 469. The van der Waals surface area contributed by atoms with E-state index in [-0.39, 0.29) is 0 Å². The van der Waals surface area contributed by atoms with Crippen molar-refractivity contribution in [1.82, 2.24) is 5.32 Å². The summed E-state index contributed by atoms with van der Waals surface area (Å²) in [4.78, 5) is 0. The molecule has 1 aromatic rings. The highest BCUT2D eigenvalue weighted by molar-refractivity contribution is 5.65. The molecule has 2 aliphatic heterocycles. The quantitative estimate of drug-likeness (QED) is 0.794. The molecule has 94 valence electrons. The van der Waals surface area contributed by atoms with E-state index in [1.54, 1.807) is 0 Å². The molecule has 0 saturated carbocycles. The lowest BCUT2D eigenvalue weighted by molar-refractivity contribution is 0.312. The standard InChI is InChI=1S/C15H19N3/c16-9-11-3-1-5-14-13(6-8-18-15(11)14)12-4-2-7-17-10-12/h1,3,5,12-13,17-18H,2,4,6-8,10H2/t12?,13-/m1/s1. The van der Waals surface area contributed by atoms with Gasteiger partial charge in [-0.15, -0.1) is 0 Å². The smallest absolute Gasteiger partial charge is 0.101 e. The molecular weight excluding hydrogens is 222 g/mol. The van der Waals surface area contributed by atoms with Crippen LogP contribution in [0.2, 0.25) is 0 Å². The van der Waals surface area contributed by atoms with Gasteiger partial charge in [0.25, 0.3) is 0 Å². The van der Waals surface area contributed by atoms with Crippen molar-refractivity contribution in [1.29, 1.82) is 5.26 Å². The van der Waals surface area contributed by atoms with E-state index in [4.69, 9.17) is 0 Å². The second-order valence-electron chi connectivity index (χ2n) is 5.31. The molecule has 2 N–H and O–H groups in total. The fourth-order valence-corrected chi connectivity index (χ4v) is 3.39. The van der Waals surface area contributed by atoms with E-state index < -0.39 is 0 Å². The topological polar surface area (TPSA) is 47.9 Å². The van der Waals surface area contributed by atoms with Crippen molar-refractivity contribution in [3.63, 3.8) is 0 Å². The minimum atomic E-state index is 0.613. The summed E-state index contributed by atoms with van der Waals surface area (Å²) in [5.41, 5.74) is 3.23. The Labute approximate surface area is 108 Å². The van der Waals surface area contributed by atoms with Crippen LogP contribution in [0.15, 0.2) is 18.2 Å². The Hall–Kier alpha value is -1.53. The third-order valence-electron chi connectivity index (χ3n) is 4.28. The minimum Gasteiger partial charge on any atom is -0.384 e. The Morgan fingerprint density at radius 2 is 2.17 bits per heavy atom. The Kier molecular flexibility index (Phi) is 3.21. The van der Waals surface area contributed by atoms with Crippen molar-refractivity contribution in [3.8, 4) is 6.07 Å². The van der Waals surface area contributed by atoms with Gasteiger partial charge in [-0.3, -0.25) is 0 Å². The van der Waals surface area contributed by atoms with Gasteiger partial charge in [-0.25, -0.2) is 0 Å². The molecule has 0 amide bonds. The Morgan fingerprint density at radius 3 is 2.94 bits per heavy atom. The zero-order valence-electron chi connectivity index (χ0n) is 10.6. The number of nitrogens with zero attached hydrogens (tertiary/aromatic N) is 1. The molecular formula is C15H19N3. The van der Waals surface area contributed by atoms with E-state index in [1.165, 1.54) is 24.8 Å². The number of fused-ring (bicyclic) bond motifs is 1. The van der Waals surface area contributed by atoms with E-state index >= 15 is 0 Å². The van der Waals surface area contributed by atoms with E-state index in [2.05, 4.69) is 22.8 Å². The molecule has 0 aliphatic carbocycles. The van der Waals surface area contributed by atoms with Crippen LogP contribution in [0.25, 0.3) is 0 Å². The fourth-order valence-electron chi connectivity index (χ4n) is 3.39. The Morgan fingerprint density at radius 1 is 1.22 bits per heavy atom. The first kappa shape index (κ1) is 11.6. The monoisotopic (exact) mass is 241 g/mol. The molecule has 0 bridgehead atoms. The zero-order chi connectivity index (χ0) is 12.4. The van der Waals surface area contributed by atoms with Crippen LogP contribution in [-0.2, 0) is 0 Å². The molecule has 2 atom stereocenters. The number of piperidine rings is 1. The van der Waals surface area contributed by atoms with Crippen molar-refractivity contribution in [2.75, 3.05) is 25.0 Å². The summed E-state index contributed by atoms with van der Waals surface area (Å²) >= 11 is 0. The number of nitrogens with one attached hydrogen (secondary N) is 2. The molecule has 3 rings (SSSR count). The molecule has 1 saturated heterocycles. The molecule has 0 radical (unpaired) electrons. The average molecular weight is 241 g/mol. The lowest BCUT2D eigenvalue weighted by Gasteiger charge is -2.35. The summed E-state index contributed by atoms with van der Waals surface area (Å²) in [5, 5.41) is 16.1. The highest BCUT2D eigenvalue weighted by Gasteiger charge is 2.29. The number of anilines is 1. The zero-order valence-corrected chi connectivity index (χ0v) is 10.6. The second-order valence-corrected chi connectivity index (χ2v) is 5.31. The lowest BCUT2D eigenvalue weighted by Crippen LogP contribution is -2.35. The number of hydrogen-bond acceptors (Lipinski definition) is 3. The molecule has 1 unspecified atom stereocenters. The highest BCUT2D eigenvalue weighted by atomic mass is 14.9. The van der Waals surface area contributed by atoms with Crippen molar-refractivity contribution in [2.45, 2.75) is 25.2 Å². The van der Waals surface area contributed by atoms with Crippen LogP contribution >= 0.6 is 0 Å². The van der Waals surface area contributed by atoms with Gasteiger partial charge in [-0.05, 0) is 55.8 Å². The molecule has 1 fully saturated rings. The fraction of sp³-hybridized carbons (Fsp3) is 0.533. The third kappa shape index (κ3) is 1.97.